The minimum Gasteiger partial charge on any atom is -0.354 e. The summed E-state index contributed by atoms with van der Waals surface area (Å²) in [4.78, 5) is 14.3. The normalized spacial score (nSPS) is 11.4. The molecule has 0 aliphatic heterocycles. The third-order valence-electron chi connectivity index (χ3n) is 3.84. The van der Waals surface area contributed by atoms with Crippen LogP contribution in [0.25, 0.3) is 0 Å². The smallest absolute Gasteiger partial charge is 0.264 e. The molecule has 0 aliphatic carbocycles. The SMILES string of the molecule is CN(C)CCCNC(=O)CN(c1ccccc1F)S(=O)(=O)c1ccccc1. The van der Waals surface area contributed by atoms with E-state index in [1.54, 1.807) is 18.2 Å². The number of halogens is 1. The number of sulfonamides is 1. The maximum Gasteiger partial charge on any atom is 0.264 e. The van der Waals surface area contributed by atoms with Crippen LogP contribution in [0.1, 0.15) is 6.42 Å². The first-order valence-electron chi connectivity index (χ1n) is 8.56. The molecule has 1 amide bonds. The Morgan fingerprint density at radius 1 is 1.04 bits per heavy atom. The summed E-state index contributed by atoms with van der Waals surface area (Å²) in [7, 11) is -0.242. The van der Waals surface area contributed by atoms with Gasteiger partial charge in [-0.15, -0.1) is 0 Å². The number of amides is 1. The lowest BCUT2D eigenvalue weighted by Crippen LogP contribution is -2.41. The first-order valence-corrected chi connectivity index (χ1v) is 10.00. The van der Waals surface area contributed by atoms with E-state index in [4.69, 9.17) is 0 Å². The van der Waals surface area contributed by atoms with Gasteiger partial charge in [0.25, 0.3) is 10.0 Å². The van der Waals surface area contributed by atoms with Crippen LogP contribution in [0.15, 0.2) is 59.5 Å². The number of hydrogen-bond donors (Lipinski definition) is 1. The molecule has 2 aromatic rings. The Balaban J connectivity index is 2.24. The lowest BCUT2D eigenvalue weighted by molar-refractivity contribution is -0.119. The van der Waals surface area contributed by atoms with Crippen molar-refractivity contribution in [3.8, 4) is 0 Å². The summed E-state index contributed by atoms with van der Waals surface area (Å²) in [5.74, 6) is -1.20. The number of benzene rings is 2. The number of anilines is 1. The second-order valence-electron chi connectivity index (χ2n) is 6.28. The van der Waals surface area contributed by atoms with Gasteiger partial charge >= 0.3 is 0 Å². The Labute approximate surface area is 159 Å². The van der Waals surface area contributed by atoms with Crippen molar-refractivity contribution in [3.05, 3.63) is 60.4 Å². The van der Waals surface area contributed by atoms with E-state index < -0.39 is 28.3 Å². The highest BCUT2D eigenvalue weighted by Crippen LogP contribution is 2.25. The Morgan fingerprint density at radius 2 is 1.67 bits per heavy atom. The first kappa shape index (κ1) is 20.9. The van der Waals surface area contributed by atoms with E-state index in [1.165, 1.54) is 30.3 Å². The van der Waals surface area contributed by atoms with Crippen molar-refractivity contribution >= 4 is 21.6 Å². The van der Waals surface area contributed by atoms with E-state index >= 15 is 0 Å². The molecular formula is C19H24FN3O3S. The molecule has 2 aromatic carbocycles. The molecule has 0 radical (unpaired) electrons. The summed E-state index contributed by atoms with van der Waals surface area (Å²) < 4.78 is 41.1. The van der Waals surface area contributed by atoms with Gasteiger partial charge in [-0.1, -0.05) is 30.3 Å². The molecule has 6 nitrogen and oxygen atoms in total. The number of carbonyl (C=O) groups is 1. The van der Waals surface area contributed by atoms with Crippen LogP contribution in [0.3, 0.4) is 0 Å². The van der Waals surface area contributed by atoms with Gasteiger partial charge in [-0.3, -0.25) is 9.10 Å². The van der Waals surface area contributed by atoms with Gasteiger partial charge in [0.1, 0.15) is 12.4 Å². The van der Waals surface area contributed by atoms with Gasteiger partial charge in [0.15, 0.2) is 0 Å². The Hall–Kier alpha value is -2.45. The van der Waals surface area contributed by atoms with Gasteiger partial charge in [0.05, 0.1) is 10.6 Å². The van der Waals surface area contributed by atoms with Crippen LogP contribution in [-0.4, -0.2) is 53.0 Å². The van der Waals surface area contributed by atoms with Crippen LogP contribution in [-0.2, 0) is 14.8 Å². The van der Waals surface area contributed by atoms with E-state index in [-0.39, 0.29) is 10.6 Å². The van der Waals surface area contributed by atoms with Gasteiger partial charge < -0.3 is 10.2 Å². The Kier molecular flexibility index (Phi) is 7.32. The van der Waals surface area contributed by atoms with Crippen molar-refractivity contribution in [2.24, 2.45) is 0 Å². The van der Waals surface area contributed by atoms with E-state index in [1.807, 2.05) is 19.0 Å². The fourth-order valence-corrected chi connectivity index (χ4v) is 3.93. The van der Waals surface area contributed by atoms with Gasteiger partial charge in [0.2, 0.25) is 5.91 Å². The third kappa shape index (κ3) is 5.77. The number of nitrogens with zero attached hydrogens (tertiary/aromatic N) is 2. The lowest BCUT2D eigenvalue weighted by Gasteiger charge is -2.24. The highest BCUT2D eigenvalue weighted by atomic mass is 32.2. The zero-order valence-corrected chi connectivity index (χ0v) is 16.2. The molecule has 0 saturated heterocycles. The highest BCUT2D eigenvalue weighted by Gasteiger charge is 2.28. The van der Waals surface area contributed by atoms with Crippen LogP contribution in [0, 0.1) is 5.82 Å². The summed E-state index contributed by atoms with van der Waals surface area (Å²) in [6.45, 7) is 0.702. The average molecular weight is 393 g/mol. The van der Waals surface area contributed by atoms with Gasteiger partial charge in [-0.05, 0) is 51.3 Å². The third-order valence-corrected chi connectivity index (χ3v) is 5.62. The quantitative estimate of drug-likeness (QED) is 0.663. The summed E-state index contributed by atoms with van der Waals surface area (Å²) >= 11 is 0. The van der Waals surface area contributed by atoms with Crippen LogP contribution in [0.4, 0.5) is 10.1 Å². The van der Waals surface area contributed by atoms with Crippen molar-refractivity contribution < 1.29 is 17.6 Å². The molecule has 0 aliphatic rings. The van der Waals surface area contributed by atoms with Crippen LogP contribution < -0.4 is 9.62 Å². The molecule has 1 N–H and O–H groups in total. The molecule has 0 atom stereocenters. The summed E-state index contributed by atoms with van der Waals surface area (Å²) in [6.07, 6.45) is 0.726. The largest absolute Gasteiger partial charge is 0.354 e. The van der Waals surface area contributed by atoms with Crippen molar-refractivity contribution in [1.82, 2.24) is 10.2 Å². The zero-order valence-electron chi connectivity index (χ0n) is 15.4. The second-order valence-corrected chi connectivity index (χ2v) is 8.15. The molecule has 0 heterocycles. The molecule has 0 bridgehead atoms. The minimum atomic E-state index is -4.09. The number of para-hydroxylation sites is 1. The topological polar surface area (TPSA) is 69.7 Å². The maximum atomic E-state index is 14.3. The van der Waals surface area contributed by atoms with Crippen molar-refractivity contribution in [2.45, 2.75) is 11.3 Å². The molecule has 0 fully saturated rings. The standard InChI is InChI=1S/C19H24FN3O3S/c1-22(2)14-8-13-21-19(24)15-23(18-12-7-6-11-17(18)20)27(25,26)16-9-4-3-5-10-16/h3-7,9-12H,8,13-15H2,1-2H3,(H,21,24). The monoisotopic (exact) mass is 393 g/mol. The van der Waals surface area contributed by atoms with Crippen molar-refractivity contribution in [3.63, 3.8) is 0 Å². The first-order chi connectivity index (χ1) is 12.8. The fraction of sp³-hybridized carbons (Fsp3) is 0.316. The van der Waals surface area contributed by atoms with Crippen molar-refractivity contribution in [1.29, 1.82) is 0 Å². The molecule has 0 unspecified atom stereocenters. The molecule has 146 valence electrons. The average Bonchev–Trinajstić information content (AvgIpc) is 2.64. The lowest BCUT2D eigenvalue weighted by atomic mass is 10.3. The summed E-state index contributed by atoms with van der Waals surface area (Å²) in [6, 6.07) is 13.2. The predicted molar refractivity (Wildman–Crippen MR) is 104 cm³/mol. The molecular weight excluding hydrogens is 369 g/mol. The summed E-state index contributed by atoms with van der Waals surface area (Å²) in [5.41, 5.74) is -0.162. The van der Waals surface area contributed by atoms with E-state index in [0.717, 1.165) is 23.3 Å². The van der Waals surface area contributed by atoms with E-state index in [2.05, 4.69) is 5.32 Å². The molecule has 0 aromatic heterocycles. The molecule has 0 saturated carbocycles. The van der Waals surface area contributed by atoms with Gasteiger partial charge in [-0.25, -0.2) is 12.8 Å². The Morgan fingerprint density at radius 3 is 2.30 bits per heavy atom. The van der Waals surface area contributed by atoms with Crippen molar-refractivity contribution in [2.75, 3.05) is 38.0 Å². The predicted octanol–water partition coefficient (Wildman–Crippen LogP) is 2.09. The molecule has 8 heteroatoms. The van der Waals surface area contributed by atoms with Gasteiger partial charge in [0, 0.05) is 6.54 Å². The molecule has 27 heavy (non-hydrogen) atoms. The number of hydrogen-bond acceptors (Lipinski definition) is 4. The van der Waals surface area contributed by atoms with E-state index in [9.17, 15) is 17.6 Å². The molecule has 2 rings (SSSR count). The fourth-order valence-electron chi connectivity index (χ4n) is 2.48. The number of carbonyl (C=O) groups excluding carboxylic acids is 1. The molecule has 0 spiro atoms. The van der Waals surface area contributed by atoms with Crippen LogP contribution >= 0.6 is 0 Å². The van der Waals surface area contributed by atoms with Crippen LogP contribution in [0.2, 0.25) is 0 Å². The number of rotatable bonds is 9. The van der Waals surface area contributed by atoms with Crippen LogP contribution in [0.5, 0.6) is 0 Å². The zero-order chi connectivity index (χ0) is 19.9. The number of nitrogens with one attached hydrogen (secondary N) is 1. The summed E-state index contributed by atoms with van der Waals surface area (Å²) in [5, 5.41) is 2.69. The second kappa shape index (κ2) is 9.48. The van der Waals surface area contributed by atoms with E-state index in [0.29, 0.717) is 6.54 Å². The minimum absolute atomic E-state index is 0.00587. The van der Waals surface area contributed by atoms with Gasteiger partial charge in [-0.2, -0.15) is 0 Å². The maximum absolute atomic E-state index is 14.3. The highest BCUT2D eigenvalue weighted by molar-refractivity contribution is 7.92. The Bertz CT molecular complexity index is 858.